The molecule has 1 aliphatic rings. The summed E-state index contributed by atoms with van der Waals surface area (Å²) in [6, 6.07) is 0. The van der Waals surface area contributed by atoms with Crippen molar-refractivity contribution >= 4 is 45.8 Å². The van der Waals surface area contributed by atoms with Crippen LogP contribution in [0, 0.1) is 5.92 Å². The van der Waals surface area contributed by atoms with Crippen molar-refractivity contribution in [2.24, 2.45) is 5.92 Å². The van der Waals surface area contributed by atoms with Crippen molar-refractivity contribution in [2.45, 2.75) is 29.3 Å². The molecule has 0 aliphatic heterocycles. The molecule has 13 heavy (non-hydrogen) atoms. The molecular weight excluding hydrogens is 322 g/mol. The highest BCUT2D eigenvalue weighted by Gasteiger charge is 2.22. The maximum atomic E-state index is 5.78. The van der Waals surface area contributed by atoms with Crippen molar-refractivity contribution in [3.8, 4) is 0 Å². The summed E-state index contributed by atoms with van der Waals surface area (Å²) >= 11 is 13.8. The van der Waals surface area contributed by atoms with Crippen molar-refractivity contribution in [1.29, 1.82) is 0 Å². The van der Waals surface area contributed by atoms with Crippen LogP contribution in [0.15, 0.2) is 0 Å². The second-order valence-electron chi connectivity index (χ2n) is 3.47. The van der Waals surface area contributed by atoms with Crippen molar-refractivity contribution in [3.05, 3.63) is 0 Å². The molecule has 2 unspecified atom stereocenters. The molecule has 4 heteroatoms. The first-order valence-electron chi connectivity index (χ1n) is 4.65. The lowest BCUT2D eigenvalue weighted by molar-refractivity contribution is 0.0685. The van der Waals surface area contributed by atoms with E-state index in [4.69, 9.17) is 27.9 Å². The fourth-order valence-corrected chi connectivity index (χ4v) is 2.40. The van der Waals surface area contributed by atoms with Gasteiger partial charge in [-0.25, -0.2) is 0 Å². The van der Waals surface area contributed by atoms with Crippen LogP contribution in [0.4, 0.5) is 0 Å². The minimum atomic E-state index is 0.124. The summed E-state index contributed by atoms with van der Waals surface area (Å²) in [5.41, 5.74) is 0. The van der Waals surface area contributed by atoms with Crippen molar-refractivity contribution in [1.82, 2.24) is 0 Å². The Balaban J connectivity index is 2.06. The molecule has 0 amide bonds. The van der Waals surface area contributed by atoms with E-state index in [1.807, 2.05) is 0 Å². The van der Waals surface area contributed by atoms with Crippen LogP contribution < -0.4 is 0 Å². The van der Waals surface area contributed by atoms with Crippen LogP contribution >= 0.6 is 45.8 Å². The molecule has 0 aromatic heterocycles. The van der Waals surface area contributed by atoms with Gasteiger partial charge in [0, 0.05) is 18.4 Å². The van der Waals surface area contributed by atoms with E-state index in [2.05, 4.69) is 22.6 Å². The Morgan fingerprint density at radius 3 is 2.46 bits per heavy atom. The molecule has 0 radical (unpaired) electrons. The quantitative estimate of drug-likeness (QED) is 0.511. The van der Waals surface area contributed by atoms with Crippen LogP contribution in [0.5, 0.6) is 0 Å². The van der Waals surface area contributed by atoms with E-state index in [-0.39, 0.29) is 6.10 Å². The fraction of sp³-hybridized carbons (Fsp3) is 1.00. The molecule has 0 heterocycles. The molecule has 2 atom stereocenters. The zero-order valence-electron chi connectivity index (χ0n) is 7.52. The van der Waals surface area contributed by atoms with E-state index in [0.717, 1.165) is 12.5 Å². The van der Waals surface area contributed by atoms with Gasteiger partial charge in [-0.2, -0.15) is 0 Å². The zero-order chi connectivity index (χ0) is 9.68. The van der Waals surface area contributed by atoms with Gasteiger partial charge in [0.2, 0.25) is 0 Å². The number of alkyl halides is 3. The van der Waals surface area contributed by atoms with Crippen LogP contribution in [0.1, 0.15) is 19.3 Å². The third-order valence-electron chi connectivity index (χ3n) is 2.26. The van der Waals surface area contributed by atoms with Crippen LogP contribution in [0.3, 0.4) is 0 Å². The predicted octanol–water partition coefficient (Wildman–Crippen LogP) is 3.45. The molecule has 1 aliphatic carbocycles. The van der Waals surface area contributed by atoms with Crippen LogP contribution in [-0.2, 0) is 4.74 Å². The Morgan fingerprint density at radius 1 is 1.31 bits per heavy atom. The minimum absolute atomic E-state index is 0.124. The van der Waals surface area contributed by atoms with E-state index in [1.54, 1.807) is 0 Å². The summed E-state index contributed by atoms with van der Waals surface area (Å²) in [6.07, 6.45) is 4.09. The van der Waals surface area contributed by atoms with Crippen molar-refractivity contribution in [3.63, 3.8) is 0 Å². The largest absolute Gasteiger partial charge is 0.376 e. The number of hydrogen-bond donors (Lipinski definition) is 0. The highest BCUT2D eigenvalue weighted by Crippen LogP contribution is 2.32. The first kappa shape index (κ1) is 12.3. The average Bonchev–Trinajstić information content (AvgIpc) is 2.95. The fourth-order valence-electron chi connectivity index (χ4n) is 1.14. The molecule has 78 valence electrons. The molecule has 1 nitrogen and oxygen atoms in total. The number of rotatable bonds is 7. The molecule has 1 rings (SSSR count). The molecular formula is C9H15Cl2IO. The molecule has 0 aromatic rings. The van der Waals surface area contributed by atoms with E-state index < -0.39 is 0 Å². The zero-order valence-corrected chi connectivity index (χ0v) is 11.2. The van der Waals surface area contributed by atoms with Gasteiger partial charge in [-0.1, -0.05) is 35.4 Å². The summed E-state index contributed by atoms with van der Waals surface area (Å²) in [6.45, 7) is 0.846. The summed E-state index contributed by atoms with van der Waals surface area (Å²) in [5.74, 6) is 2.09. The van der Waals surface area contributed by atoms with Gasteiger partial charge in [-0.05, 0) is 12.3 Å². The van der Waals surface area contributed by atoms with Gasteiger partial charge in [0.1, 0.15) is 0 Å². The lowest BCUT2D eigenvalue weighted by Gasteiger charge is -2.18. The summed E-state index contributed by atoms with van der Waals surface area (Å²) in [7, 11) is 0. The van der Waals surface area contributed by atoms with E-state index >= 15 is 0 Å². The molecule has 1 saturated carbocycles. The number of ether oxygens (including phenoxy) is 1. The summed E-state index contributed by atoms with van der Waals surface area (Å²) < 4.78 is 6.00. The van der Waals surface area contributed by atoms with Crippen molar-refractivity contribution in [2.75, 3.05) is 18.4 Å². The summed E-state index contributed by atoms with van der Waals surface area (Å²) in [4.78, 5) is 0. The van der Waals surface area contributed by atoms with Crippen LogP contribution in [-0.4, -0.2) is 28.4 Å². The monoisotopic (exact) mass is 336 g/mol. The Bertz CT molecular complexity index is 142. The van der Waals surface area contributed by atoms with E-state index in [1.165, 1.54) is 19.3 Å². The lowest BCUT2D eigenvalue weighted by Crippen LogP contribution is -2.27. The molecule has 0 N–H and O–H groups in total. The van der Waals surface area contributed by atoms with Gasteiger partial charge in [0.05, 0.1) is 10.0 Å². The van der Waals surface area contributed by atoms with Gasteiger partial charge in [-0.3, -0.25) is 0 Å². The van der Waals surface area contributed by atoms with Gasteiger partial charge in [-0.15, -0.1) is 23.2 Å². The summed E-state index contributed by atoms with van der Waals surface area (Å²) in [5, 5.41) is 0. The standard InChI is InChI=1S/C9H15Cl2IO/c10-5-8(12)9(6-11)13-4-3-7-1-2-7/h7-9H,1-6H2. The van der Waals surface area contributed by atoms with Gasteiger partial charge >= 0.3 is 0 Å². The third-order valence-corrected chi connectivity index (χ3v) is 4.66. The number of hydrogen-bond acceptors (Lipinski definition) is 1. The van der Waals surface area contributed by atoms with Gasteiger partial charge in [0.25, 0.3) is 0 Å². The second-order valence-corrected chi connectivity index (χ2v) is 5.68. The molecule has 0 saturated heterocycles. The Kier molecular flexibility index (Phi) is 6.36. The van der Waals surface area contributed by atoms with Crippen LogP contribution in [0.25, 0.3) is 0 Å². The van der Waals surface area contributed by atoms with E-state index in [9.17, 15) is 0 Å². The molecule has 0 spiro atoms. The topological polar surface area (TPSA) is 9.23 Å². The smallest absolute Gasteiger partial charge is 0.0839 e. The second kappa shape index (κ2) is 6.70. The minimum Gasteiger partial charge on any atom is -0.376 e. The molecule has 0 bridgehead atoms. The predicted molar refractivity (Wildman–Crippen MR) is 66.3 cm³/mol. The highest BCUT2D eigenvalue weighted by molar-refractivity contribution is 14.1. The van der Waals surface area contributed by atoms with Gasteiger partial charge < -0.3 is 4.74 Å². The van der Waals surface area contributed by atoms with Crippen LogP contribution in [0.2, 0.25) is 0 Å². The lowest BCUT2D eigenvalue weighted by atomic mass is 10.3. The first-order valence-corrected chi connectivity index (χ1v) is 6.97. The number of halogens is 3. The van der Waals surface area contributed by atoms with E-state index in [0.29, 0.717) is 15.7 Å². The van der Waals surface area contributed by atoms with Crippen molar-refractivity contribution < 1.29 is 4.74 Å². The Morgan fingerprint density at radius 2 is 2.00 bits per heavy atom. The average molecular weight is 337 g/mol. The highest BCUT2D eigenvalue weighted by atomic mass is 127. The maximum Gasteiger partial charge on any atom is 0.0839 e. The van der Waals surface area contributed by atoms with Gasteiger partial charge in [0.15, 0.2) is 0 Å². The molecule has 1 fully saturated rings. The first-order chi connectivity index (χ1) is 6.27. The Hall–Kier alpha value is 1.27. The third kappa shape index (κ3) is 5.05. The molecule has 0 aromatic carbocycles. The Labute approximate surface area is 104 Å². The SMILES string of the molecule is ClCC(I)C(CCl)OCCC1CC1. The normalized spacial score (nSPS) is 21.5. The maximum absolute atomic E-state index is 5.78.